The Bertz CT molecular complexity index is 340. The highest BCUT2D eigenvalue weighted by molar-refractivity contribution is 5.26. The summed E-state index contributed by atoms with van der Waals surface area (Å²) in [5, 5.41) is 9.64. The Morgan fingerprint density at radius 2 is 1.94 bits per heavy atom. The molecule has 0 radical (unpaired) electrons. The molecule has 1 aliphatic heterocycles. The lowest BCUT2D eigenvalue weighted by Gasteiger charge is -2.36. The Kier molecular flexibility index (Phi) is 3.62. The van der Waals surface area contributed by atoms with Crippen molar-refractivity contribution < 1.29 is 9.84 Å². The molecular formula is C14H20O2. The quantitative estimate of drug-likeness (QED) is 0.847. The van der Waals surface area contributed by atoms with Gasteiger partial charge in [0.1, 0.15) is 0 Å². The topological polar surface area (TPSA) is 29.5 Å². The Morgan fingerprint density at radius 1 is 1.25 bits per heavy atom. The van der Waals surface area contributed by atoms with E-state index in [1.54, 1.807) is 0 Å². The molecule has 2 heteroatoms. The molecule has 1 saturated heterocycles. The highest BCUT2D eigenvalue weighted by Crippen LogP contribution is 2.34. The molecule has 88 valence electrons. The maximum Gasteiger partial charge on any atom is 0.0492 e. The summed E-state index contributed by atoms with van der Waals surface area (Å²) in [4.78, 5) is 0. The van der Waals surface area contributed by atoms with Crippen molar-refractivity contribution in [3.63, 3.8) is 0 Å². The predicted octanol–water partition coefficient (Wildman–Crippen LogP) is 2.33. The van der Waals surface area contributed by atoms with Crippen molar-refractivity contribution in [2.45, 2.75) is 26.2 Å². The number of ether oxygens (including phenoxy) is 1. The van der Waals surface area contributed by atoms with Crippen molar-refractivity contribution in [1.82, 2.24) is 0 Å². The van der Waals surface area contributed by atoms with Crippen LogP contribution >= 0.6 is 0 Å². The minimum atomic E-state index is 0.0460. The number of aryl methyl sites for hydroxylation is 1. The van der Waals surface area contributed by atoms with Gasteiger partial charge < -0.3 is 9.84 Å². The Labute approximate surface area is 97.3 Å². The summed E-state index contributed by atoms with van der Waals surface area (Å²) >= 11 is 0. The van der Waals surface area contributed by atoms with Crippen LogP contribution in [0, 0.1) is 12.3 Å². The van der Waals surface area contributed by atoms with E-state index in [1.165, 1.54) is 11.1 Å². The van der Waals surface area contributed by atoms with E-state index in [-0.39, 0.29) is 12.0 Å². The van der Waals surface area contributed by atoms with Crippen molar-refractivity contribution in [3.05, 3.63) is 35.4 Å². The first kappa shape index (κ1) is 11.6. The van der Waals surface area contributed by atoms with Gasteiger partial charge in [-0.25, -0.2) is 0 Å². The molecule has 0 spiro atoms. The van der Waals surface area contributed by atoms with E-state index < -0.39 is 0 Å². The molecule has 1 fully saturated rings. The number of aliphatic hydroxyl groups is 1. The fourth-order valence-electron chi connectivity index (χ4n) is 2.41. The molecular weight excluding hydrogens is 200 g/mol. The highest BCUT2D eigenvalue weighted by Gasteiger charge is 2.32. The van der Waals surface area contributed by atoms with Gasteiger partial charge in [0.15, 0.2) is 0 Å². The van der Waals surface area contributed by atoms with E-state index in [4.69, 9.17) is 4.74 Å². The van der Waals surface area contributed by atoms with Crippen LogP contribution in [0.3, 0.4) is 0 Å². The largest absolute Gasteiger partial charge is 0.396 e. The zero-order valence-corrected chi connectivity index (χ0v) is 9.91. The van der Waals surface area contributed by atoms with E-state index in [0.717, 1.165) is 32.5 Å². The van der Waals surface area contributed by atoms with Crippen LogP contribution in [0.4, 0.5) is 0 Å². The lowest BCUT2D eigenvalue weighted by molar-refractivity contribution is -0.0158. The molecule has 1 aromatic carbocycles. The van der Waals surface area contributed by atoms with Crippen LogP contribution < -0.4 is 0 Å². The summed E-state index contributed by atoms with van der Waals surface area (Å²) in [5.74, 6) is 0. The van der Waals surface area contributed by atoms with Gasteiger partial charge in [-0.05, 0) is 37.3 Å². The van der Waals surface area contributed by atoms with Gasteiger partial charge in [-0.15, -0.1) is 0 Å². The second-order valence-electron chi connectivity index (χ2n) is 4.87. The maximum atomic E-state index is 9.64. The number of hydrogen-bond donors (Lipinski definition) is 1. The van der Waals surface area contributed by atoms with Crippen molar-refractivity contribution in [2.75, 3.05) is 19.8 Å². The summed E-state index contributed by atoms with van der Waals surface area (Å²) in [5.41, 5.74) is 2.73. The first-order valence-electron chi connectivity index (χ1n) is 5.99. The molecule has 0 amide bonds. The first-order chi connectivity index (χ1) is 7.76. The van der Waals surface area contributed by atoms with Gasteiger partial charge in [0.05, 0.1) is 0 Å². The number of aliphatic hydroxyl groups excluding tert-OH is 1. The van der Waals surface area contributed by atoms with E-state index >= 15 is 0 Å². The molecule has 2 rings (SSSR count). The molecule has 0 atom stereocenters. The Morgan fingerprint density at radius 3 is 2.56 bits per heavy atom. The average molecular weight is 220 g/mol. The predicted molar refractivity (Wildman–Crippen MR) is 64.5 cm³/mol. The molecule has 1 N–H and O–H groups in total. The number of hydrogen-bond acceptors (Lipinski definition) is 2. The third-order valence-electron chi connectivity index (χ3n) is 3.72. The number of rotatable bonds is 3. The maximum absolute atomic E-state index is 9.64. The van der Waals surface area contributed by atoms with Crippen molar-refractivity contribution in [2.24, 2.45) is 5.41 Å². The summed E-state index contributed by atoms with van der Waals surface area (Å²) < 4.78 is 5.38. The lowest BCUT2D eigenvalue weighted by Crippen LogP contribution is -2.35. The average Bonchev–Trinajstić information content (AvgIpc) is 2.33. The van der Waals surface area contributed by atoms with Crippen molar-refractivity contribution >= 4 is 0 Å². The third-order valence-corrected chi connectivity index (χ3v) is 3.72. The highest BCUT2D eigenvalue weighted by atomic mass is 16.5. The molecule has 0 saturated carbocycles. The zero-order valence-electron chi connectivity index (χ0n) is 9.91. The minimum Gasteiger partial charge on any atom is -0.396 e. The second kappa shape index (κ2) is 4.98. The summed E-state index contributed by atoms with van der Waals surface area (Å²) in [6.07, 6.45) is 2.91. The summed E-state index contributed by atoms with van der Waals surface area (Å²) in [6.45, 7) is 3.98. The van der Waals surface area contributed by atoms with Crippen molar-refractivity contribution in [1.29, 1.82) is 0 Å². The smallest absolute Gasteiger partial charge is 0.0492 e. The molecule has 2 nitrogen and oxygen atoms in total. The van der Waals surface area contributed by atoms with E-state index in [1.807, 2.05) is 0 Å². The van der Waals surface area contributed by atoms with Crippen molar-refractivity contribution in [3.8, 4) is 0 Å². The van der Waals surface area contributed by atoms with E-state index in [2.05, 4.69) is 31.2 Å². The monoisotopic (exact) mass is 220 g/mol. The van der Waals surface area contributed by atoms with Gasteiger partial charge in [0.25, 0.3) is 0 Å². The van der Waals surface area contributed by atoms with E-state index in [9.17, 15) is 5.11 Å². The van der Waals surface area contributed by atoms with Gasteiger partial charge >= 0.3 is 0 Å². The van der Waals surface area contributed by atoms with Crippen LogP contribution in [0.1, 0.15) is 24.0 Å². The van der Waals surface area contributed by atoms with Crippen LogP contribution in [-0.4, -0.2) is 24.9 Å². The molecule has 1 aromatic rings. The number of benzene rings is 1. The van der Waals surface area contributed by atoms with Gasteiger partial charge in [0.2, 0.25) is 0 Å². The first-order valence-corrected chi connectivity index (χ1v) is 5.99. The van der Waals surface area contributed by atoms with Crippen LogP contribution in [-0.2, 0) is 11.2 Å². The van der Waals surface area contributed by atoms with Gasteiger partial charge in [-0.1, -0.05) is 24.3 Å². The lowest BCUT2D eigenvalue weighted by atomic mass is 9.75. The molecule has 0 aromatic heterocycles. The molecule has 16 heavy (non-hydrogen) atoms. The molecule has 0 aliphatic carbocycles. The Balaban J connectivity index is 2.15. The molecule has 1 aliphatic rings. The van der Waals surface area contributed by atoms with Crippen LogP contribution in [0.2, 0.25) is 0 Å². The minimum absolute atomic E-state index is 0.0460. The SMILES string of the molecule is Cc1ccccc1CC1(CO)CCOCC1. The molecule has 1 heterocycles. The van der Waals surface area contributed by atoms with Gasteiger partial charge in [-0.2, -0.15) is 0 Å². The van der Waals surface area contributed by atoms with Crippen LogP contribution in [0.5, 0.6) is 0 Å². The molecule has 0 unspecified atom stereocenters. The van der Waals surface area contributed by atoms with Crippen LogP contribution in [0.15, 0.2) is 24.3 Å². The fourth-order valence-corrected chi connectivity index (χ4v) is 2.41. The zero-order chi connectivity index (χ0) is 11.4. The summed E-state index contributed by atoms with van der Waals surface area (Å²) in [6, 6.07) is 8.45. The fraction of sp³-hybridized carbons (Fsp3) is 0.571. The van der Waals surface area contributed by atoms with E-state index in [0.29, 0.717) is 0 Å². The van der Waals surface area contributed by atoms with Crippen LogP contribution in [0.25, 0.3) is 0 Å². The Hall–Kier alpha value is -0.860. The second-order valence-corrected chi connectivity index (χ2v) is 4.87. The molecule has 0 bridgehead atoms. The third kappa shape index (κ3) is 2.45. The normalized spacial score (nSPS) is 19.6. The van der Waals surface area contributed by atoms with Gasteiger partial charge in [-0.3, -0.25) is 0 Å². The van der Waals surface area contributed by atoms with Gasteiger partial charge in [0, 0.05) is 25.2 Å². The summed E-state index contributed by atoms with van der Waals surface area (Å²) in [7, 11) is 0. The standard InChI is InChI=1S/C14H20O2/c1-12-4-2-3-5-13(12)10-14(11-15)6-8-16-9-7-14/h2-5,15H,6-11H2,1H3.